The van der Waals surface area contributed by atoms with Gasteiger partial charge in [-0.1, -0.05) is 29.8 Å². The van der Waals surface area contributed by atoms with Crippen LogP contribution in [0.25, 0.3) is 0 Å². The van der Waals surface area contributed by atoms with Crippen LogP contribution in [0.2, 0.25) is 0 Å². The molecular formula is C15H21BrN4O. The number of ether oxygens (including phenoxy) is 1. The third kappa shape index (κ3) is 4.28. The van der Waals surface area contributed by atoms with E-state index in [1.165, 1.54) is 0 Å². The molecule has 21 heavy (non-hydrogen) atoms. The lowest BCUT2D eigenvalue weighted by Crippen LogP contribution is -2.13. The molecule has 2 aromatic rings. The Bertz CT molecular complexity index is 595. The van der Waals surface area contributed by atoms with E-state index in [4.69, 9.17) is 10.5 Å². The second-order valence-electron chi connectivity index (χ2n) is 5.51. The van der Waals surface area contributed by atoms with Gasteiger partial charge in [-0.3, -0.25) is 0 Å². The summed E-state index contributed by atoms with van der Waals surface area (Å²) in [7, 11) is 0. The summed E-state index contributed by atoms with van der Waals surface area (Å²) in [6, 6.07) is 5.76. The molecule has 0 aliphatic rings. The van der Waals surface area contributed by atoms with Crippen LogP contribution in [0.15, 0.2) is 29.0 Å². The van der Waals surface area contributed by atoms with E-state index in [2.05, 4.69) is 39.9 Å². The zero-order chi connectivity index (χ0) is 15.4. The molecule has 1 atom stereocenters. The van der Waals surface area contributed by atoms with Gasteiger partial charge in [0.2, 0.25) is 0 Å². The summed E-state index contributed by atoms with van der Waals surface area (Å²) in [6.45, 7) is 7.45. The van der Waals surface area contributed by atoms with Gasteiger partial charge in [-0.2, -0.15) is 5.10 Å². The molecule has 0 saturated heterocycles. The predicted molar refractivity (Wildman–Crippen MR) is 85.9 cm³/mol. The molecule has 2 rings (SSSR count). The van der Waals surface area contributed by atoms with Crippen molar-refractivity contribution < 1.29 is 4.74 Å². The Hall–Kier alpha value is -1.40. The van der Waals surface area contributed by atoms with Crippen molar-refractivity contribution in [3.63, 3.8) is 0 Å². The van der Waals surface area contributed by atoms with Crippen LogP contribution in [0, 0.1) is 5.92 Å². The number of benzene rings is 1. The minimum Gasteiger partial charge on any atom is -0.485 e. The topological polar surface area (TPSA) is 66.0 Å². The van der Waals surface area contributed by atoms with E-state index in [1.807, 2.05) is 29.8 Å². The first-order valence-corrected chi connectivity index (χ1v) is 7.81. The number of nitrogens with two attached hydrogens (primary N) is 1. The third-order valence-electron chi connectivity index (χ3n) is 3.05. The highest BCUT2D eigenvalue weighted by molar-refractivity contribution is 9.10. The van der Waals surface area contributed by atoms with Gasteiger partial charge in [0.1, 0.15) is 18.7 Å². The summed E-state index contributed by atoms with van der Waals surface area (Å²) in [5.74, 6) is 2.12. The van der Waals surface area contributed by atoms with Gasteiger partial charge < -0.3 is 10.5 Å². The van der Waals surface area contributed by atoms with Crippen LogP contribution >= 0.6 is 15.9 Å². The highest BCUT2D eigenvalue weighted by atomic mass is 79.9. The smallest absolute Gasteiger partial charge is 0.164 e. The van der Waals surface area contributed by atoms with Gasteiger partial charge in [-0.15, -0.1) is 0 Å². The molecule has 6 heteroatoms. The maximum Gasteiger partial charge on any atom is 0.164 e. The lowest BCUT2D eigenvalue weighted by atomic mass is 10.1. The molecule has 0 aliphatic heterocycles. The summed E-state index contributed by atoms with van der Waals surface area (Å²) in [5, 5.41) is 4.23. The molecule has 0 saturated carbocycles. The van der Waals surface area contributed by atoms with Crippen LogP contribution in [0.1, 0.15) is 38.2 Å². The van der Waals surface area contributed by atoms with E-state index in [-0.39, 0.29) is 6.04 Å². The van der Waals surface area contributed by atoms with Crippen LogP contribution in [0.4, 0.5) is 0 Å². The fourth-order valence-corrected chi connectivity index (χ4v) is 2.43. The Morgan fingerprint density at radius 2 is 2.10 bits per heavy atom. The molecule has 0 radical (unpaired) electrons. The van der Waals surface area contributed by atoms with Crippen molar-refractivity contribution in [3.8, 4) is 5.75 Å². The SMILES string of the molecule is CC(C)Cn1ncnc1COc1ccc(Br)cc1C(C)N. The predicted octanol–water partition coefficient (Wildman–Crippen LogP) is 3.30. The minimum absolute atomic E-state index is 0.0916. The second-order valence-corrected chi connectivity index (χ2v) is 6.43. The number of nitrogens with zero attached hydrogens (tertiary/aromatic N) is 3. The molecule has 0 bridgehead atoms. The Morgan fingerprint density at radius 1 is 1.33 bits per heavy atom. The molecule has 0 fully saturated rings. The van der Waals surface area contributed by atoms with Crippen molar-refractivity contribution in [1.29, 1.82) is 0 Å². The van der Waals surface area contributed by atoms with E-state index in [9.17, 15) is 0 Å². The van der Waals surface area contributed by atoms with Crippen molar-refractivity contribution in [2.45, 2.75) is 40.0 Å². The van der Waals surface area contributed by atoms with E-state index in [0.29, 0.717) is 12.5 Å². The summed E-state index contributed by atoms with van der Waals surface area (Å²) in [6.07, 6.45) is 1.56. The largest absolute Gasteiger partial charge is 0.485 e. The van der Waals surface area contributed by atoms with Gasteiger partial charge in [-0.25, -0.2) is 9.67 Å². The van der Waals surface area contributed by atoms with Crippen molar-refractivity contribution in [3.05, 3.63) is 40.4 Å². The summed E-state index contributed by atoms with van der Waals surface area (Å²) < 4.78 is 8.77. The summed E-state index contributed by atoms with van der Waals surface area (Å²) in [4.78, 5) is 4.26. The van der Waals surface area contributed by atoms with E-state index in [1.54, 1.807) is 6.33 Å². The fourth-order valence-electron chi connectivity index (χ4n) is 2.05. The number of halogens is 1. The Labute approximate surface area is 133 Å². The second kappa shape index (κ2) is 7.04. The molecule has 0 aliphatic carbocycles. The quantitative estimate of drug-likeness (QED) is 0.865. The van der Waals surface area contributed by atoms with Gasteiger partial charge in [0, 0.05) is 22.6 Å². The van der Waals surface area contributed by atoms with E-state index >= 15 is 0 Å². The van der Waals surface area contributed by atoms with Gasteiger partial charge in [0.25, 0.3) is 0 Å². The minimum atomic E-state index is -0.0916. The number of hydrogen-bond acceptors (Lipinski definition) is 4. The molecule has 1 heterocycles. The van der Waals surface area contributed by atoms with Gasteiger partial charge in [-0.05, 0) is 31.0 Å². The lowest BCUT2D eigenvalue weighted by molar-refractivity contribution is 0.279. The zero-order valence-corrected chi connectivity index (χ0v) is 14.2. The van der Waals surface area contributed by atoms with Crippen LogP contribution in [0.3, 0.4) is 0 Å². The van der Waals surface area contributed by atoms with Crippen LogP contribution in [0.5, 0.6) is 5.75 Å². The van der Waals surface area contributed by atoms with E-state index in [0.717, 1.165) is 28.2 Å². The molecular weight excluding hydrogens is 332 g/mol. The average Bonchev–Trinajstić information content (AvgIpc) is 2.83. The molecule has 1 aromatic carbocycles. The third-order valence-corrected chi connectivity index (χ3v) is 3.55. The summed E-state index contributed by atoms with van der Waals surface area (Å²) in [5.41, 5.74) is 6.97. The highest BCUT2D eigenvalue weighted by Gasteiger charge is 2.11. The first kappa shape index (κ1) is 16.0. The van der Waals surface area contributed by atoms with Crippen LogP contribution in [-0.4, -0.2) is 14.8 Å². The van der Waals surface area contributed by atoms with Crippen molar-refractivity contribution in [2.75, 3.05) is 0 Å². The summed E-state index contributed by atoms with van der Waals surface area (Å²) >= 11 is 3.46. The normalized spacial score (nSPS) is 12.7. The first-order valence-electron chi connectivity index (χ1n) is 7.02. The molecule has 0 amide bonds. The van der Waals surface area contributed by atoms with Crippen molar-refractivity contribution in [2.24, 2.45) is 11.7 Å². The van der Waals surface area contributed by atoms with Crippen molar-refractivity contribution >= 4 is 15.9 Å². The van der Waals surface area contributed by atoms with Gasteiger partial charge >= 0.3 is 0 Å². The lowest BCUT2D eigenvalue weighted by Gasteiger charge is -2.15. The average molecular weight is 353 g/mol. The monoisotopic (exact) mass is 352 g/mol. The maximum absolute atomic E-state index is 5.99. The highest BCUT2D eigenvalue weighted by Crippen LogP contribution is 2.28. The standard InChI is InChI=1S/C15H21BrN4O/c1-10(2)7-20-15(18-9-19-20)8-21-14-5-4-12(16)6-13(14)11(3)17/h4-6,9-11H,7-8,17H2,1-3H3. The molecule has 114 valence electrons. The zero-order valence-electron chi connectivity index (χ0n) is 12.6. The Balaban J connectivity index is 2.12. The van der Waals surface area contributed by atoms with Crippen molar-refractivity contribution in [1.82, 2.24) is 14.8 Å². The maximum atomic E-state index is 5.99. The molecule has 1 unspecified atom stereocenters. The van der Waals surface area contributed by atoms with Crippen LogP contribution in [-0.2, 0) is 13.2 Å². The molecule has 1 aromatic heterocycles. The van der Waals surface area contributed by atoms with E-state index < -0.39 is 0 Å². The van der Waals surface area contributed by atoms with Crippen LogP contribution < -0.4 is 10.5 Å². The Kier molecular flexibility index (Phi) is 5.36. The first-order chi connectivity index (χ1) is 9.97. The Morgan fingerprint density at radius 3 is 2.76 bits per heavy atom. The molecule has 0 spiro atoms. The van der Waals surface area contributed by atoms with Gasteiger partial charge in [0.05, 0.1) is 0 Å². The number of hydrogen-bond donors (Lipinski definition) is 1. The fraction of sp³-hybridized carbons (Fsp3) is 0.467. The number of rotatable bonds is 6. The van der Waals surface area contributed by atoms with Gasteiger partial charge in [0.15, 0.2) is 5.82 Å². The number of aromatic nitrogens is 3. The molecule has 2 N–H and O–H groups in total. The molecule has 5 nitrogen and oxygen atoms in total.